The Labute approximate surface area is 155 Å². The topological polar surface area (TPSA) is 59.0 Å². The van der Waals surface area contributed by atoms with E-state index in [4.69, 9.17) is 14.6 Å². The zero-order valence-electron chi connectivity index (χ0n) is 15.7. The van der Waals surface area contributed by atoms with Gasteiger partial charge in [-0.15, -0.1) is 0 Å². The molecule has 1 aromatic carbocycles. The smallest absolute Gasteiger partial charge is 0.288 e. The number of rotatable bonds is 6. The van der Waals surface area contributed by atoms with Crippen LogP contribution >= 0.6 is 0 Å². The fourth-order valence-electron chi connectivity index (χ4n) is 3.41. The van der Waals surface area contributed by atoms with E-state index in [-0.39, 0.29) is 18.4 Å². The highest BCUT2D eigenvalue weighted by Crippen LogP contribution is 2.30. The number of carbonyl (C=O) groups is 1. The molecule has 2 aliphatic heterocycles. The number of allylic oxidation sites excluding steroid dienone is 1. The molecule has 1 fully saturated rings. The summed E-state index contributed by atoms with van der Waals surface area (Å²) in [6.45, 7) is 6.41. The molecule has 2 atom stereocenters. The lowest BCUT2D eigenvalue weighted by molar-refractivity contribution is -0.159. The summed E-state index contributed by atoms with van der Waals surface area (Å²) in [5.74, 6) is 1.13. The van der Waals surface area contributed by atoms with E-state index in [1.807, 2.05) is 35.2 Å². The van der Waals surface area contributed by atoms with Crippen molar-refractivity contribution in [3.05, 3.63) is 47.2 Å². The van der Waals surface area contributed by atoms with Gasteiger partial charge >= 0.3 is 0 Å². The van der Waals surface area contributed by atoms with E-state index in [9.17, 15) is 4.79 Å². The molecule has 5 heteroatoms. The fraction of sp³-hybridized carbons (Fsp3) is 0.571. The lowest BCUT2D eigenvalue weighted by Crippen LogP contribution is -2.35. The number of carbonyl (C=O) groups excluding carboxylic acids is 1. The summed E-state index contributed by atoms with van der Waals surface area (Å²) in [7, 11) is 0. The highest BCUT2D eigenvalue weighted by Gasteiger charge is 2.32. The van der Waals surface area contributed by atoms with E-state index in [1.165, 1.54) is 0 Å². The Bertz CT molecular complexity index is 632. The second kappa shape index (κ2) is 8.69. The number of ether oxygens (including phenoxy) is 2. The Morgan fingerprint density at radius 2 is 1.88 bits per heavy atom. The molecule has 26 heavy (non-hydrogen) atoms. The summed E-state index contributed by atoms with van der Waals surface area (Å²) in [5.41, 5.74) is 1.90. The van der Waals surface area contributed by atoms with Gasteiger partial charge in [0, 0.05) is 19.5 Å². The first kappa shape index (κ1) is 18.9. The van der Waals surface area contributed by atoms with Crippen LogP contribution in [0.25, 0.3) is 0 Å². The van der Waals surface area contributed by atoms with Gasteiger partial charge in [-0.3, -0.25) is 4.79 Å². The zero-order chi connectivity index (χ0) is 18.5. The first-order valence-corrected chi connectivity index (χ1v) is 9.55. The van der Waals surface area contributed by atoms with Gasteiger partial charge in [0.05, 0.1) is 13.2 Å². The Balaban J connectivity index is 1.63. The monoisotopic (exact) mass is 359 g/mol. The summed E-state index contributed by atoms with van der Waals surface area (Å²) >= 11 is 0. The van der Waals surface area contributed by atoms with Crippen molar-refractivity contribution in [1.82, 2.24) is 4.90 Å². The molecule has 142 valence electrons. The number of aliphatic hydroxyl groups is 1. The van der Waals surface area contributed by atoms with Gasteiger partial charge in [-0.25, -0.2) is 0 Å². The molecule has 0 radical (unpaired) electrons. The van der Waals surface area contributed by atoms with Gasteiger partial charge in [0.1, 0.15) is 0 Å². The third kappa shape index (κ3) is 4.65. The maximum atomic E-state index is 12.7. The van der Waals surface area contributed by atoms with Crippen molar-refractivity contribution in [2.45, 2.75) is 52.6 Å². The molecule has 5 nitrogen and oxygen atoms in total. The largest absolute Gasteiger partial charge is 0.459 e. The van der Waals surface area contributed by atoms with Gasteiger partial charge in [0.2, 0.25) is 6.29 Å². The van der Waals surface area contributed by atoms with Crippen molar-refractivity contribution in [2.24, 2.45) is 11.8 Å². The third-order valence-corrected chi connectivity index (χ3v) is 5.19. The molecule has 0 unspecified atom stereocenters. The van der Waals surface area contributed by atoms with Crippen LogP contribution in [0.5, 0.6) is 0 Å². The Morgan fingerprint density at radius 1 is 1.23 bits per heavy atom. The maximum absolute atomic E-state index is 12.7. The number of hydrogen-bond acceptors (Lipinski definition) is 4. The van der Waals surface area contributed by atoms with Crippen LogP contribution in [-0.2, 0) is 27.5 Å². The molecule has 1 saturated heterocycles. The first-order chi connectivity index (χ1) is 12.6. The Kier molecular flexibility index (Phi) is 6.33. The molecule has 1 amide bonds. The average Bonchev–Trinajstić information content (AvgIpc) is 3.20. The number of nitrogens with zero attached hydrogens (tertiary/aromatic N) is 1. The van der Waals surface area contributed by atoms with Crippen molar-refractivity contribution in [3.63, 3.8) is 0 Å². The highest BCUT2D eigenvalue weighted by atomic mass is 16.7. The molecular formula is C21H29NO4. The summed E-state index contributed by atoms with van der Waals surface area (Å²) < 4.78 is 11.9. The standard InChI is InChI=1S/C21H29NO4/c1-15(2)18-11-19(21(24)22-9-3-4-10-22)26-20(12-18)25-14-17-7-5-16(13-23)6-8-17/h5-8,11,15,18,20,23H,3-4,9-10,12-14H2,1-2H3/t18-,20+/m0/s1. The molecule has 0 aromatic heterocycles. The zero-order valence-corrected chi connectivity index (χ0v) is 15.7. The second-order valence-corrected chi connectivity index (χ2v) is 7.51. The molecule has 0 aliphatic carbocycles. The molecular weight excluding hydrogens is 330 g/mol. The van der Waals surface area contributed by atoms with Gasteiger partial charge in [-0.1, -0.05) is 38.1 Å². The number of likely N-dealkylation sites (tertiary alicyclic amines) is 1. The van der Waals surface area contributed by atoms with Crippen molar-refractivity contribution >= 4 is 5.91 Å². The first-order valence-electron chi connectivity index (χ1n) is 9.55. The predicted octanol–water partition coefficient (Wildman–Crippen LogP) is 3.22. The third-order valence-electron chi connectivity index (χ3n) is 5.19. The van der Waals surface area contributed by atoms with Crippen LogP contribution < -0.4 is 0 Å². The Hall–Kier alpha value is -1.85. The maximum Gasteiger partial charge on any atom is 0.288 e. The van der Waals surface area contributed by atoms with E-state index in [0.29, 0.717) is 18.3 Å². The molecule has 3 rings (SSSR count). The van der Waals surface area contributed by atoms with Crippen molar-refractivity contribution < 1.29 is 19.4 Å². The van der Waals surface area contributed by atoms with Crippen molar-refractivity contribution in [2.75, 3.05) is 13.1 Å². The fourth-order valence-corrected chi connectivity index (χ4v) is 3.41. The lowest BCUT2D eigenvalue weighted by atomic mass is 9.90. The SMILES string of the molecule is CC(C)[C@H]1C=C(C(=O)N2CCCC2)O[C@@H](OCc2ccc(CO)cc2)C1. The number of aliphatic hydroxyl groups excluding tert-OH is 1. The minimum absolute atomic E-state index is 0.00579. The Morgan fingerprint density at radius 3 is 2.50 bits per heavy atom. The van der Waals surface area contributed by atoms with Crippen LogP contribution in [0.1, 0.15) is 44.2 Å². The van der Waals surface area contributed by atoms with Crippen LogP contribution in [0.15, 0.2) is 36.1 Å². The minimum atomic E-state index is -0.411. The summed E-state index contributed by atoms with van der Waals surface area (Å²) in [5, 5.41) is 9.12. The van der Waals surface area contributed by atoms with E-state index in [0.717, 1.165) is 43.5 Å². The van der Waals surface area contributed by atoms with Gasteiger partial charge in [-0.2, -0.15) is 0 Å². The van der Waals surface area contributed by atoms with Gasteiger partial charge in [0.15, 0.2) is 5.76 Å². The van der Waals surface area contributed by atoms with E-state index >= 15 is 0 Å². The number of hydrogen-bond donors (Lipinski definition) is 1. The minimum Gasteiger partial charge on any atom is -0.459 e. The molecule has 0 bridgehead atoms. The van der Waals surface area contributed by atoms with E-state index in [2.05, 4.69) is 13.8 Å². The highest BCUT2D eigenvalue weighted by molar-refractivity contribution is 5.91. The molecule has 0 spiro atoms. The molecule has 1 N–H and O–H groups in total. The quantitative estimate of drug-likeness (QED) is 0.847. The molecule has 1 aromatic rings. The van der Waals surface area contributed by atoms with Crippen LogP contribution in [0.3, 0.4) is 0 Å². The van der Waals surface area contributed by atoms with Gasteiger partial charge < -0.3 is 19.5 Å². The molecule has 2 aliphatic rings. The van der Waals surface area contributed by atoms with Gasteiger partial charge in [0.25, 0.3) is 5.91 Å². The van der Waals surface area contributed by atoms with E-state index < -0.39 is 6.29 Å². The van der Waals surface area contributed by atoms with Crippen LogP contribution in [-0.4, -0.2) is 35.3 Å². The summed E-state index contributed by atoms with van der Waals surface area (Å²) in [4.78, 5) is 14.6. The van der Waals surface area contributed by atoms with E-state index in [1.54, 1.807) is 0 Å². The molecule has 2 heterocycles. The van der Waals surface area contributed by atoms with Crippen LogP contribution in [0, 0.1) is 11.8 Å². The lowest BCUT2D eigenvalue weighted by Gasteiger charge is -2.32. The normalized spacial score (nSPS) is 23.1. The molecule has 0 saturated carbocycles. The summed E-state index contributed by atoms with van der Waals surface area (Å²) in [6.07, 6.45) is 4.46. The average molecular weight is 359 g/mol. The second-order valence-electron chi connectivity index (χ2n) is 7.51. The van der Waals surface area contributed by atoms with Crippen molar-refractivity contribution in [3.8, 4) is 0 Å². The predicted molar refractivity (Wildman–Crippen MR) is 98.9 cm³/mol. The van der Waals surface area contributed by atoms with Gasteiger partial charge in [-0.05, 0) is 41.9 Å². The van der Waals surface area contributed by atoms with Crippen molar-refractivity contribution in [1.29, 1.82) is 0 Å². The van der Waals surface area contributed by atoms with Crippen LogP contribution in [0.4, 0.5) is 0 Å². The number of benzene rings is 1. The number of amides is 1. The summed E-state index contributed by atoms with van der Waals surface area (Å²) in [6, 6.07) is 7.67. The van der Waals surface area contributed by atoms with Crippen LogP contribution in [0.2, 0.25) is 0 Å².